The van der Waals surface area contributed by atoms with E-state index in [1.807, 2.05) is 0 Å². The zero-order chi connectivity index (χ0) is 12.7. The maximum absolute atomic E-state index is 11.3. The van der Waals surface area contributed by atoms with E-state index in [1.54, 1.807) is 0 Å². The molecule has 1 aliphatic rings. The first-order valence-corrected chi connectivity index (χ1v) is 7.76. The third-order valence-electron chi connectivity index (χ3n) is 2.84. The van der Waals surface area contributed by atoms with Gasteiger partial charge in [-0.25, -0.2) is 12.7 Å². The van der Waals surface area contributed by atoms with Crippen molar-refractivity contribution in [3.05, 3.63) is 0 Å². The molecule has 0 unspecified atom stereocenters. The molecule has 1 fully saturated rings. The molecule has 0 aromatic rings. The Morgan fingerprint density at radius 1 is 1.35 bits per heavy atom. The lowest BCUT2D eigenvalue weighted by atomic mass is 10.1. The van der Waals surface area contributed by atoms with E-state index in [9.17, 15) is 8.42 Å². The molecular formula is C10H22N2O4S. The topological polar surface area (TPSA) is 78.9 Å². The monoisotopic (exact) mass is 266 g/mol. The highest BCUT2D eigenvalue weighted by Gasteiger charge is 2.24. The summed E-state index contributed by atoms with van der Waals surface area (Å²) in [6.45, 7) is 2.92. The molecule has 7 heteroatoms. The highest BCUT2D eigenvalue weighted by Crippen LogP contribution is 2.12. The van der Waals surface area contributed by atoms with Crippen molar-refractivity contribution in [2.24, 2.45) is 0 Å². The smallest absolute Gasteiger partial charge is 0.211 e. The lowest BCUT2D eigenvalue weighted by Gasteiger charge is -2.30. The van der Waals surface area contributed by atoms with Crippen LogP contribution in [0.2, 0.25) is 0 Å². The van der Waals surface area contributed by atoms with Crippen molar-refractivity contribution in [1.82, 2.24) is 9.62 Å². The highest BCUT2D eigenvalue weighted by molar-refractivity contribution is 7.88. The Hall–Kier alpha value is -0.210. The quantitative estimate of drug-likeness (QED) is 0.578. The Bertz CT molecular complexity index is 299. The highest BCUT2D eigenvalue weighted by atomic mass is 32.2. The van der Waals surface area contributed by atoms with Crippen LogP contribution >= 0.6 is 0 Å². The normalized spacial score (nSPS) is 19.6. The SMILES string of the molecule is CS(=O)(=O)N1CCC(NCCOCCO)CC1. The Kier molecular flexibility index (Phi) is 6.35. The Morgan fingerprint density at radius 2 is 2.00 bits per heavy atom. The summed E-state index contributed by atoms with van der Waals surface area (Å²) in [5.41, 5.74) is 0. The van der Waals surface area contributed by atoms with Gasteiger partial charge in [-0.05, 0) is 12.8 Å². The van der Waals surface area contributed by atoms with E-state index >= 15 is 0 Å². The summed E-state index contributed by atoms with van der Waals surface area (Å²) in [6.07, 6.45) is 2.93. The second-order valence-electron chi connectivity index (χ2n) is 4.23. The molecular weight excluding hydrogens is 244 g/mol. The summed E-state index contributed by atoms with van der Waals surface area (Å²) in [7, 11) is -3.03. The molecule has 0 aromatic heterocycles. The average molecular weight is 266 g/mol. The molecule has 0 saturated carbocycles. The molecule has 0 bridgehead atoms. The molecule has 2 N–H and O–H groups in total. The molecule has 1 saturated heterocycles. The van der Waals surface area contributed by atoms with Gasteiger partial charge in [0.25, 0.3) is 0 Å². The number of aliphatic hydroxyl groups is 1. The number of nitrogens with zero attached hydrogens (tertiary/aromatic N) is 1. The number of hydrogen-bond donors (Lipinski definition) is 2. The Balaban J connectivity index is 2.11. The average Bonchev–Trinajstić information content (AvgIpc) is 2.28. The van der Waals surface area contributed by atoms with Gasteiger partial charge < -0.3 is 15.2 Å². The number of sulfonamides is 1. The third kappa shape index (κ3) is 5.78. The van der Waals surface area contributed by atoms with Gasteiger partial charge in [0, 0.05) is 25.7 Å². The van der Waals surface area contributed by atoms with Crippen LogP contribution in [0.25, 0.3) is 0 Å². The van der Waals surface area contributed by atoms with Gasteiger partial charge in [0.05, 0.1) is 26.1 Å². The standard InChI is InChI=1S/C10H22N2O4S/c1-17(14,15)12-5-2-10(3-6-12)11-4-8-16-9-7-13/h10-11,13H,2-9H2,1H3. The minimum absolute atomic E-state index is 0.0484. The summed E-state index contributed by atoms with van der Waals surface area (Å²) in [5.74, 6) is 0. The molecule has 0 amide bonds. The van der Waals surface area contributed by atoms with Crippen molar-refractivity contribution in [3.63, 3.8) is 0 Å². The van der Waals surface area contributed by atoms with Crippen LogP contribution in [0.3, 0.4) is 0 Å². The van der Waals surface area contributed by atoms with E-state index in [2.05, 4.69) is 5.32 Å². The van der Waals surface area contributed by atoms with Crippen LogP contribution in [0.15, 0.2) is 0 Å². The maximum Gasteiger partial charge on any atom is 0.211 e. The van der Waals surface area contributed by atoms with Gasteiger partial charge in [-0.3, -0.25) is 0 Å². The summed E-state index contributed by atoms with van der Waals surface area (Å²) in [6, 6.07) is 0.366. The molecule has 1 rings (SSSR count). The number of piperidine rings is 1. The van der Waals surface area contributed by atoms with Gasteiger partial charge >= 0.3 is 0 Å². The summed E-state index contributed by atoms with van der Waals surface area (Å²) < 4.78 is 29.2. The first kappa shape index (κ1) is 14.8. The van der Waals surface area contributed by atoms with Gasteiger partial charge in [0.1, 0.15) is 0 Å². The van der Waals surface area contributed by atoms with Crippen LogP contribution in [0.4, 0.5) is 0 Å². The van der Waals surface area contributed by atoms with E-state index in [1.165, 1.54) is 10.6 Å². The maximum atomic E-state index is 11.3. The van der Waals surface area contributed by atoms with Crippen LogP contribution in [0, 0.1) is 0 Å². The lowest BCUT2D eigenvalue weighted by Crippen LogP contribution is -2.45. The van der Waals surface area contributed by atoms with E-state index in [0.717, 1.165) is 19.4 Å². The molecule has 102 valence electrons. The molecule has 6 nitrogen and oxygen atoms in total. The largest absolute Gasteiger partial charge is 0.394 e. The molecule has 17 heavy (non-hydrogen) atoms. The third-order valence-corrected chi connectivity index (χ3v) is 4.14. The van der Waals surface area contributed by atoms with E-state index in [-0.39, 0.29) is 6.61 Å². The molecule has 0 spiro atoms. The molecule has 0 aliphatic carbocycles. The number of aliphatic hydroxyl groups excluding tert-OH is 1. The van der Waals surface area contributed by atoms with E-state index < -0.39 is 10.0 Å². The molecule has 1 aliphatic heterocycles. The van der Waals surface area contributed by atoms with Crippen LogP contribution in [0.1, 0.15) is 12.8 Å². The first-order chi connectivity index (χ1) is 8.04. The fourth-order valence-corrected chi connectivity index (χ4v) is 2.77. The summed E-state index contributed by atoms with van der Waals surface area (Å²) in [4.78, 5) is 0. The Labute approximate surface area is 103 Å². The second kappa shape index (κ2) is 7.27. The van der Waals surface area contributed by atoms with Crippen LogP contribution < -0.4 is 5.32 Å². The number of hydrogen-bond acceptors (Lipinski definition) is 5. The number of nitrogens with one attached hydrogen (secondary N) is 1. The fourth-order valence-electron chi connectivity index (χ4n) is 1.89. The second-order valence-corrected chi connectivity index (χ2v) is 6.21. The molecule has 0 atom stereocenters. The van der Waals surface area contributed by atoms with Crippen molar-refractivity contribution in [3.8, 4) is 0 Å². The van der Waals surface area contributed by atoms with Gasteiger partial charge in [0.15, 0.2) is 0 Å². The van der Waals surface area contributed by atoms with Gasteiger partial charge in [0.2, 0.25) is 10.0 Å². The first-order valence-electron chi connectivity index (χ1n) is 5.91. The zero-order valence-corrected chi connectivity index (χ0v) is 11.1. The van der Waals surface area contributed by atoms with Crippen molar-refractivity contribution < 1.29 is 18.3 Å². The van der Waals surface area contributed by atoms with Crippen molar-refractivity contribution >= 4 is 10.0 Å². The fraction of sp³-hybridized carbons (Fsp3) is 1.00. The predicted octanol–water partition coefficient (Wildman–Crippen LogP) is -0.991. The van der Waals surface area contributed by atoms with Crippen LogP contribution in [-0.2, 0) is 14.8 Å². The molecule has 1 heterocycles. The molecule has 0 aromatic carbocycles. The van der Waals surface area contributed by atoms with E-state index in [4.69, 9.17) is 9.84 Å². The Morgan fingerprint density at radius 3 is 2.53 bits per heavy atom. The van der Waals surface area contributed by atoms with Crippen molar-refractivity contribution in [2.45, 2.75) is 18.9 Å². The lowest BCUT2D eigenvalue weighted by molar-refractivity contribution is 0.0914. The zero-order valence-electron chi connectivity index (χ0n) is 10.3. The predicted molar refractivity (Wildman–Crippen MR) is 65.3 cm³/mol. The molecule has 0 radical (unpaired) electrons. The van der Waals surface area contributed by atoms with Crippen LogP contribution in [0.5, 0.6) is 0 Å². The summed E-state index contributed by atoms with van der Waals surface area (Å²) >= 11 is 0. The van der Waals surface area contributed by atoms with Gasteiger partial charge in [-0.2, -0.15) is 0 Å². The van der Waals surface area contributed by atoms with Crippen molar-refractivity contribution in [1.29, 1.82) is 0 Å². The van der Waals surface area contributed by atoms with Crippen molar-refractivity contribution in [2.75, 3.05) is 45.7 Å². The summed E-state index contributed by atoms with van der Waals surface area (Å²) in [5, 5.41) is 11.8. The number of rotatable bonds is 7. The minimum Gasteiger partial charge on any atom is -0.394 e. The minimum atomic E-state index is -3.03. The van der Waals surface area contributed by atoms with Crippen LogP contribution in [-0.4, -0.2) is 69.6 Å². The van der Waals surface area contributed by atoms with E-state index in [0.29, 0.717) is 32.3 Å². The number of ether oxygens (including phenoxy) is 1. The van der Waals surface area contributed by atoms with Gasteiger partial charge in [-0.15, -0.1) is 0 Å². The van der Waals surface area contributed by atoms with Gasteiger partial charge in [-0.1, -0.05) is 0 Å².